The van der Waals surface area contributed by atoms with Crippen molar-refractivity contribution in [3.63, 3.8) is 0 Å². The SMILES string of the molecule is CSC(=NC#N)N(CC1CC1)C(C)C. The number of thioether (sulfide) groups is 1. The van der Waals surface area contributed by atoms with Crippen molar-refractivity contribution >= 4 is 16.9 Å². The second-order valence-electron chi connectivity index (χ2n) is 3.89. The van der Waals surface area contributed by atoms with Gasteiger partial charge in [0.05, 0.1) is 0 Å². The molecule has 1 rings (SSSR count). The molecule has 0 saturated heterocycles. The number of aliphatic imine (C=N–C) groups is 1. The van der Waals surface area contributed by atoms with Gasteiger partial charge in [-0.25, -0.2) is 0 Å². The minimum absolute atomic E-state index is 0.426. The van der Waals surface area contributed by atoms with Crippen molar-refractivity contribution in [2.75, 3.05) is 12.8 Å². The molecule has 0 unspecified atom stereocenters. The van der Waals surface area contributed by atoms with Gasteiger partial charge in [0.2, 0.25) is 6.19 Å². The largest absolute Gasteiger partial charge is 0.348 e. The predicted octanol–water partition coefficient (Wildman–Crippen LogP) is 2.31. The van der Waals surface area contributed by atoms with Crippen LogP contribution in [0.3, 0.4) is 0 Å². The van der Waals surface area contributed by atoms with E-state index in [9.17, 15) is 0 Å². The molecule has 1 saturated carbocycles. The van der Waals surface area contributed by atoms with Crippen LogP contribution in [0, 0.1) is 17.4 Å². The van der Waals surface area contributed by atoms with Crippen LogP contribution in [0.1, 0.15) is 26.7 Å². The monoisotopic (exact) mass is 211 g/mol. The van der Waals surface area contributed by atoms with Crippen LogP contribution in [0.4, 0.5) is 0 Å². The summed E-state index contributed by atoms with van der Waals surface area (Å²) in [5.74, 6) is 0.827. The first-order valence-electron chi connectivity index (χ1n) is 4.96. The third kappa shape index (κ3) is 3.22. The van der Waals surface area contributed by atoms with Gasteiger partial charge < -0.3 is 4.90 Å². The molecule has 0 bridgehead atoms. The molecule has 1 aliphatic rings. The molecule has 0 aromatic carbocycles. The maximum absolute atomic E-state index is 8.57. The number of rotatable bonds is 3. The van der Waals surface area contributed by atoms with Gasteiger partial charge in [-0.1, -0.05) is 11.8 Å². The van der Waals surface area contributed by atoms with Crippen LogP contribution in [0.5, 0.6) is 0 Å². The highest BCUT2D eigenvalue weighted by Crippen LogP contribution is 2.31. The van der Waals surface area contributed by atoms with Gasteiger partial charge in [0.15, 0.2) is 5.17 Å². The van der Waals surface area contributed by atoms with Crippen LogP contribution >= 0.6 is 11.8 Å². The second-order valence-corrected chi connectivity index (χ2v) is 4.66. The average molecular weight is 211 g/mol. The van der Waals surface area contributed by atoms with E-state index in [0.29, 0.717) is 6.04 Å². The minimum atomic E-state index is 0.426. The van der Waals surface area contributed by atoms with Gasteiger partial charge in [-0.3, -0.25) is 0 Å². The number of nitrogens with zero attached hydrogens (tertiary/aromatic N) is 3. The highest BCUT2D eigenvalue weighted by Gasteiger charge is 2.27. The van der Waals surface area contributed by atoms with Crippen molar-refractivity contribution < 1.29 is 0 Å². The third-order valence-corrected chi connectivity index (χ3v) is 3.04. The van der Waals surface area contributed by atoms with Crippen molar-refractivity contribution in [2.24, 2.45) is 10.9 Å². The smallest absolute Gasteiger partial charge is 0.208 e. The Balaban J connectivity index is 2.63. The molecule has 14 heavy (non-hydrogen) atoms. The van der Waals surface area contributed by atoms with Crippen LogP contribution in [0.25, 0.3) is 0 Å². The Bertz CT molecular complexity index is 251. The minimum Gasteiger partial charge on any atom is -0.348 e. The summed E-state index contributed by atoms with van der Waals surface area (Å²) >= 11 is 1.55. The van der Waals surface area contributed by atoms with E-state index in [2.05, 4.69) is 23.7 Å². The highest BCUT2D eigenvalue weighted by atomic mass is 32.2. The van der Waals surface area contributed by atoms with E-state index in [-0.39, 0.29) is 0 Å². The molecule has 0 aliphatic heterocycles. The molecule has 3 nitrogen and oxygen atoms in total. The summed E-state index contributed by atoms with van der Waals surface area (Å²) in [6.07, 6.45) is 6.51. The lowest BCUT2D eigenvalue weighted by atomic mass is 10.3. The van der Waals surface area contributed by atoms with Crippen LogP contribution in [0.15, 0.2) is 4.99 Å². The van der Waals surface area contributed by atoms with Crippen molar-refractivity contribution in [1.82, 2.24) is 4.90 Å². The van der Waals surface area contributed by atoms with E-state index >= 15 is 0 Å². The highest BCUT2D eigenvalue weighted by molar-refractivity contribution is 8.13. The van der Waals surface area contributed by atoms with Gasteiger partial charge in [-0.15, -0.1) is 4.99 Å². The Hall–Kier alpha value is -0.690. The summed E-state index contributed by atoms with van der Waals surface area (Å²) in [6.45, 7) is 5.34. The Labute approximate surface area is 90.2 Å². The zero-order valence-corrected chi connectivity index (χ0v) is 9.84. The molecule has 1 aliphatic carbocycles. The molecular formula is C10H17N3S. The molecule has 0 N–H and O–H groups in total. The number of nitriles is 1. The standard InChI is InChI=1S/C10H17N3S/c1-8(2)13(6-9-4-5-9)10(14-3)12-7-11/h8-9H,4-6H2,1-3H3. The first kappa shape index (κ1) is 11.4. The van der Waals surface area contributed by atoms with Gasteiger partial charge in [-0.05, 0) is 38.9 Å². The molecule has 0 radical (unpaired) electrons. The zero-order chi connectivity index (χ0) is 10.6. The van der Waals surface area contributed by atoms with E-state index in [1.807, 2.05) is 12.4 Å². The maximum Gasteiger partial charge on any atom is 0.208 e. The van der Waals surface area contributed by atoms with Gasteiger partial charge in [0.25, 0.3) is 0 Å². The molecule has 0 aromatic heterocycles. The van der Waals surface area contributed by atoms with Crippen LogP contribution in [0.2, 0.25) is 0 Å². The summed E-state index contributed by atoms with van der Waals surface area (Å²) in [4.78, 5) is 6.08. The second kappa shape index (κ2) is 5.26. The van der Waals surface area contributed by atoms with E-state index in [0.717, 1.165) is 17.6 Å². The predicted molar refractivity (Wildman–Crippen MR) is 61.1 cm³/mol. The third-order valence-electron chi connectivity index (χ3n) is 2.35. The summed E-state index contributed by atoms with van der Waals surface area (Å²) < 4.78 is 0. The fourth-order valence-corrected chi connectivity index (χ4v) is 2.01. The Morgan fingerprint density at radius 1 is 1.64 bits per heavy atom. The quantitative estimate of drug-likeness (QED) is 0.408. The van der Waals surface area contributed by atoms with Crippen molar-refractivity contribution in [3.05, 3.63) is 0 Å². The van der Waals surface area contributed by atoms with Gasteiger partial charge in [0, 0.05) is 12.6 Å². The lowest BCUT2D eigenvalue weighted by Gasteiger charge is -2.28. The molecule has 0 atom stereocenters. The van der Waals surface area contributed by atoms with E-state index < -0.39 is 0 Å². The Kier molecular flexibility index (Phi) is 4.27. The van der Waals surface area contributed by atoms with Gasteiger partial charge in [-0.2, -0.15) is 5.26 Å². The Morgan fingerprint density at radius 2 is 2.29 bits per heavy atom. The van der Waals surface area contributed by atoms with Crippen molar-refractivity contribution in [2.45, 2.75) is 32.7 Å². The first-order chi connectivity index (χ1) is 6.69. The van der Waals surface area contributed by atoms with Crippen molar-refractivity contribution in [3.8, 4) is 6.19 Å². The zero-order valence-electron chi connectivity index (χ0n) is 9.03. The van der Waals surface area contributed by atoms with Gasteiger partial charge in [0.1, 0.15) is 0 Å². The molecule has 0 spiro atoms. The fraction of sp³-hybridized carbons (Fsp3) is 0.800. The first-order valence-corrected chi connectivity index (χ1v) is 6.19. The summed E-state index contributed by atoms with van der Waals surface area (Å²) in [6, 6.07) is 0.426. The molecule has 0 heterocycles. The van der Waals surface area contributed by atoms with E-state index in [1.54, 1.807) is 11.8 Å². The van der Waals surface area contributed by atoms with Crippen molar-refractivity contribution in [1.29, 1.82) is 5.26 Å². The van der Waals surface area contributed by atoms with Crippen LogP contribution in [-0.2, 0) is 0 Å². The lowest BCUT2D eigenvalue weighted by molar-refractivity contribution is 0.342. The summed E-state index contributed by atoms with van der Waals surface area (Å²) in [7, 11) is 0. The normalized spacial score (nSPS) is 16.9. The molecular weight excluding hydrogens is 194 g/mol. The molecule has 0 aromatic rings. The molecule has 0 amide bonds. The summed E-state index contributed by atoms with van der Waals surface area (Å²) in [5.41, 5.74) is 0. The molecule has 4 heteroatoms. The molecule has 78 valence electrons. The number of hydrogen-bond acceptors (Lipinski definition) is 3. The average Bonchev–Trinajstić information content (AvgIpc) is 2.94. The number of amidine groups is 1. The van der Waals surface area contributed by atoms with Gasteiger partial charge >= 0.3 is 0 Å². The lowest BCUT2D eigenvalue weighted by Crippen LogP contribution is -2.36. The van der Waals surface area contributed by atoms with Crippen LogP contribution in [-0.4, -0.2) is 28.9 Å². The Morgan fingerprint density at radius 3 is 2.64 bits per heavy atom. The van der Waals surface area contributed by atoms with Crippen LogP contribution < -0.4 is 0 Å². The topological polar surface area (TPSA) is 39.4 Å². The number of hydrogen-bond donors (Lipinski definition) is 0. The van der Waals surface area contributed by atoms with E-state index in [4.69, 9.17) is 5.26 Å². The maximum atomic E-state index is 8.57. The molecule has 1 fully saturated rings. The summed E-state index contributed by atoms with van der Waals surface area (Å²) in [5, 5.41) is 9.43. The fourth-order valence-electron chi connectivity index (χ4n) is 1.36. The van der Waals surface area contributed by atoms with E-state index in [1.165, 1.54) is 12.8 Å².